The van der Waals surface area contributed by atoms with Crippen LogP contribution < -0.4 is 10.6 Å². The van der Waals surface area contributed by atoms with Crippen molar-refractivity contribution >= 4 is 57.2 Å². The van der Waals surface area contributed by atoms with Crippen LogP contribution in [0, 0.1) is 6.92 Å². The molecule has 0 saturated carbocycles. The highest BCUT2D eigenvalue weighted by Crippen LogP contribution is 2.26. The van der Waals surface area contributed by atoms with E-state index in [2.05, 4.69) is 20.6 Å². The van der Waals surface area contributed by atoms with Crippen LogP contribution in [0.1, 0.15) is 15.9 Å². The Bertz CT molecular complexity index is 1230. The standard InChI is InChI=1S/C22H16Cl2N4O/c1-13-10-20(26-15-5-2-4-14(23)11-15)28-19-8-7-16(12-18(13)19)27-22(29)17-6-3-9-25-21(17)24/h2-12H,1H3,(H,26,28)(H,27,29). The van der Waals surface area contributed by atoms with Crippen molar-refractivity contribution in [3.05, 3.63) is 88.2 Å². The Labute approximate surface area is 177 Å². The van der Waals surface area contributed by atoms with Crippen molar-refractivity contribution in [3.8, 4) is 0 Å². The summed E-state index contributed by atoms with van der Waals surface area (Å²) >= 11 is 12.0. The molecule has 0 aliphatic rings. The monoisotopic (exact) mass is 422 g/mol. The van der Waals surface area contributed by atoms with Gasteiger partial charge in [0.15, 0.2) is 0 Å². The number of aromatic nitrogens is 2. The van der Waals surface area contributed by atoms with Crippen LogP contribution >= 0.6 is 23.2 Å². The average Bonchev–Trinajstić information content (AvgIpc) is 2.69. The SMILES string of the molecule is Cc1cc(Nc2cccc(Cl)c2)nc2ccc(NC(=O)c3cccnc3Cl)cc12. The second kappa shape index (κ2) is 8.07. The molecule has 0 aliphatic carbocycles. The van der Waals surface area contributed by atoms with Gasteiger partial charge in [-0.1, -0.05) is 29.3 Å². The number of hydrogen-bond donors (Lipinski definition) is 2. The molecule has 5 nitrogen and oxygen atoms in total. The Hall–Kier alpha value is -3.15. The summed E-state index contributed by atoms with van der Waals surface area (Å²) in [5.41, 5.74) is 3.68. The number of fused-ring (bicyclic) bond motifs is 1. The summed E-state index contributed by atoms with van der Waals surface area (Å²) in [5.74, 6) is 0.406. The average molecular weight is 423 g/mol. The van der Waals surface area contributed by atoms with Crippen molar-refractivity contribution < 1.29 is 4.79 Å². The van der Waals surface area contributed by atoms with Crippen molar-refractivity contribution in [1.29, 1.82) is 0 Å². The van der Waals surface area contributed by atoms with E-state index in [1.807, 2.05) is 49.4 Å². The number of amides is 1. The summed E-state index contributed by atoms with van der Waals surface area (Å²) in [6.07, 6.45) is 1.54. The summed E-state index contributed by atoms with van der Waals surface area (Å²) < 4.78 is 0. The van der Waals surface area contributed by atoms with Crippen LogP contribution in [-0.2, 0) is 0 Å². The number of halogens is 2. The number of nitrogens with zero attached hydrogens (tertiary/aromatic N) is 2. The zero-order chi connectivity index (χ0) is 20.4. The smallest absolute Gasteiger partial charge is 0.258 e. The zero-order valence-electron chi connectivity index (χ0n) is 15.4. The maximum absolute atomic E-state index is 12.5. The maximum Gasteiger partial charge on any atom is 0.258 e. The van der Waals surface area contributed by atoms with Crippen LogP contribution in [-0.4, -0.2) is 15.9 Å². The molecule has 2 heterocycles. The lowest BCUT2D eigenvalue weighted by molar-refractivity contribution is 0.102. The first kappa shape index (κ1) is 19.2. The number of carbonyl (C=O) groups is 1. The topological polar surface area (TPSA) is 66.9 Å². The van der Waals surface area contributed by atoms with Gasteiger partial charge in [0.05, 0.1) is 11.1 Å². The van der Waals surface area contributed by atoms with E-state index in [1.54, 1.807) is 24.4 Å². The number of benzene rings is 2. The molecule has 0 bridgehead atoms. The lowest BCUT2D eigenvalue weighted by atomic mass is 10.1. The number of carbonyl (C=O) groups excluding carboxylic acids is 1. The highest BCUT2D eigenvalue weighted by Gasteiger charge is 2.12. The Kier molecular flexibility index (Phi) is 5.34. The molecule has 0 radical (unpaired) electrons. The van der Waals surface area contributed by atoms with Gasteiger partial charge in [0.1, 0.15) is 11.0 Å². The van der Waals surface area contributed by atoms with Gasteiger partial charge in [-0.25, -0.2) is 9.97 Å². The van der Waals surface area contributed by atoms with Crippen LogP contribution in [0.3, 0.4) is 0 Å². The number of aryl methyl sites for hydroxylation is 1. The number of anilines is 3. The summed E-state index contributed by atoms with van der Waals surface area (Å²) in [6, 6.07) is 18.3. The van der Waals surface area contributed by atoms with Gasteiger partial charge < -0.3 is 10.6 Å². The molecule has 0 spiro atoms. The molecular weight excluding hydrogens is 407 g/mol. The van der Waals surface area contributed by atoms with Gasteiger partial charge in [-0.2, -0.15) is 0 Å². The molecule has 4 rings (SSSR count). The van der Waals surface area contributed by atoms with Crippen LogP contribution in [0.2, 0.25) is 10.2 Å². The normalized spacial score (nSPS) is 10.7. The van der Waals surface area contributed by atoms with Gasteiger partial charge in [-0.3, -0.25) is 4.79 Å². The van der Waals surface area contributed by atoms with Crippen molar-refractivity contribution in [2.24, 2.45) is 0 Å². The molecule has 144 valence electrons. The summed E-state index contributed by atoms with van der Waals surface area (Å²) in [6.45, 7) is 2.00. The molecule has 2 aromatic heterocycles. The second-order valence-corrected chi connectivity index (χ2v) is 7.28. The molecule has 0 unspecified atom stereocenters. The van der Waals surface area contributed by atoms with Gasteiger partial charge >= 0.3 is 0 Å². The van der Waals surface area contributed by atoms with E-state index in [1.165, 1.54) is 0 Å². The van der Waals surface area contributed by atoms with Gasteiger partial charge in [-0.05, 0) is 67.1 Å². The Morgan fingerprint density at radius 1 is 0.966 bits per heavy atom. The van der Waals surface area contributed by atoms with Crippen molar-refractivity contribution in [2.45, 2.75) is 6.92 Å². The molecule has 2 N–H and O–H groups in total. The largest absolute Gasteiger partial charge is 0.340 e. The number of hydrogen-bond acceptors (Lipinski definition) is 4. The Morgan fingerprint density at radius 3 is 2.62 bits per heavy atom. The fourth-order valence-corrected chi connectivity index (χ4v) is 3.40. The highest BCUT2D eigenvalue weighted by molar-refractivity contribution is 6.33. The number of rotatable bonds is 4. The highest BCUT2D eigenvalue weighted by atomic mass is 35.5. The van der Waals surface area contributed by atoms with Gasteiger partial charge in [0.2, 0.25) is 0 Å². The van der Waals surface area contributed by atoms with Crippen LogP contribution in [0.15, 0.2) is 66.9 Å². The molecule has 7 heteroatoms. The van der Waals surface area contributed by atoms with E-state index in [9.17, 15) is 4.79 Å². The fraction of sp³-hybridized carbons (Fsp3) is 0.0455. The zero-order valence-corrected chi connectivity index (χ0v) is 16.9. The third kappa shape index (κ3) is 4.31. The van der Waals surface area contributed by atoms with Crippen LogP contribution in [0.4, 0.5) is 17.2 Å². The molecular formula is C22H16Cl2N4O. The molecule has 0 saturated heterocycles. The Balaban J connectivity index is 1.60. The predicted octanol–water partition coefficient (Wildman–Crippen LogP) is 6.24. The van der Waals surface area contributed by atoms with E-state index in [0.717, 1.165) is 28.0 Å². The lowest BCUT2D eigenvalue weighted by Gasteiger charge is -2.11. The fourth-order valence-electron chi connectivity index (χ4n) is 3.00. The minimum atomic E-state index is -0.313. The minimum absolute atomic E-state index is 0.167. The molecule has 0 aliphatic heterocycles. The first-order valence-corrected chi connectivity index (χ1v) is 9.61. The third-order valence-electron chi connectivity index (χ3n) is 4.37. The van der Waals surface area contributed by atoms with Gasteiger partial charge in [-0.15, -0.1) is 0 Å². The van der Waals surface area contributed by atoms with E-state index in [4.69, 9.17) is 23.2 Å². The van der Waals surface area contributed by atoms with Crippen LogP contribution in [0.5, 0.6) is 0 Å². The van der Waals surface area contributed by atoms with E-state index >= 15 is 0 Å². The summed E-state index contributed by atoms with van der Waals surface area (Å²) in [5, 5.41) is 7.89. The van der Waals surface area contributed by atoms with Crippen molar-refractivity contribution in [1.82, 2.24) is 9.97 Å². The second-order valence-electron chi connectivity index (χ2n) is 6.49. The third-order valence-corrected chi connectivity index (χ3v) is 4.91. The Morgan fingerprint density at radius 2 is 1.83 bits per heavy atom. The first-order chi connectivity index (χ1) is 14.0. The number of nitrogens with one attached hydrogen (secondary N) is 2. The maximum atomic E-state index is 12.5. The molecule has 0 fully saturated rings. The molecule has 29 heavy (non-hydrogen) atoms. The van der Waals surface area contributed by atoms with Gasteiger partial charge in [0.25, 0.3) is 5.91 Å². The molecule has 4 aromatic rings. The predicted molar refractivity (Wildman–Crippen MR) is 118 cm³/mol. The van der Waals surface area contributed by atoms with E-state index < -0.39 is 0 Å². The van der Waals surface area contributed by atoms with Crippen molar-refractivity contribution in [2.75, 3.05) is 10.6 Å². The molecule has 1 amide bonds. The quantitative estimate of drug-likeness (QED) is 0.381. The molecule has 0 atom stereocenters. The van der Waals surface area contributed by atoms with E-state index in [-0.39, 0.29) is 11.1 Å². The van der Waals surface area contributed by atoms with E-state index in [0.29, 0.717) is 16.3 Å². The van der Waals surface area contributed by atoms with Crippen LogP contribution in [0.25, 0.3) is 10.9 Å². The van der Waals surface area contributed by atoms with Crippen molar-refractivity contribution in [3.63, 3.8) is 0 Å². The minimum Gasteiger partial charge on any atom is -0.340 e. The lowest BCUT2D eigenvalue weighted by Crippen LogP contribution is -2.12. The number of pyridine rings is 2. The summed E-state index contributed by atoms with van der Waals surface area (Å²) in [7, 11) is 0. The first-order valence-electron chi connectivity index (χ1n) is 8.85. The molecule has 2 aromatic carbocycles. The van der Waals surface area contributed by atoms with Gasteiger partial charge in [0, 0.05) is 28.0 Å². The summed E-state index contributed by atoms with van der Waals surface area (Å²) in [4.78, 5) is 21.1.